The van der Waals surface area contributed by atoms with Gasteiger partial charge in [-0.1, -0.05) is 24.8 Å². The van der Waals surface area contributed by atoms with Crippen LogP contribution in [0.4, 0.5) is 13.2 Å². The summed E-state index contributed by atoms with van der Waals surface area (Å²) in [6.45, 7) is 13.1. The van der Waals surface area contributed by atoms with Gasteiger partial charge in [0.1, 0.15) is 5.75 Å². The molecule has 8 heteroatoms. The number of aliphatic carboxylic acids is 1. The number of aromatic nitrogens is 2. The predicted octanol–water partition coefficient (Wildman–Crippen LogP) is 7.35. The Morgan fingerprint density at radius 1 is 1.11 bits per heavy atom. The van der Waals surface area contributed by atoms with E-state index in [2.05, 4.69) is 11.7 Å². The number of hydrogen-bond donors (Lipinski definition) is 1. The number of carboxylic acid groups (broad SMARTS) is 1. The zero-order valence-electron chi connectivity index (χ0n) is 21.1. The first-order valence-corrected chi connectivity index (χ1v) is 11.7. The van der Waals surface area contributed by atoms with Crippen LogP contribution in [0.2, 0.25) is 0 Å². The van der Waals surface area contributed by atoms with Crippen molar-refractivity contribution >= 4 is 11.5 Å². The number of aryl methyl sites for hydroxylation is 2. The highest BCUT2D eigenvalue weighted by molar-refractivity contribution is 5.77. The summed E-state index contributed by atoms with van der Waals surface area (Å²) in [5.41, 5.74) is 2.80. The quantitative estimate of drug-likeness (QED) is 0.334. The molecule has 1 N–H and O–H groups in total. The van der Waals surface area contributed by atoms with E-state index in [4.69, 9.17) is 4.74 Å². The molecule has 0 spiro atoms. The monoisotopic (exact) mass is 500 g/mol. The van der Waals surface area contributed by atoms with Gasteiger partial charge in [0.25, 0.3) is 0 Å². The van der Waals surface area contributed by atoms with E-state index >= 15 is 0 Å². The Labute approximate surface area is 209 Å². The van der Waals surface area contributed by atoms with E-state index in [9.17, 15) is 23.1 Å². The highest BCUT2D eigenvalue weighted by Crippen LogP contribution is 2.32. The van der Waals surface area contributed by atoms with Gasteiger partial charge >= 0.3 is 12.1 Å². The average molecular weight is 501 g/mol. The van der Waals surface area contributed by atoms with Crippen molar-refractivity contribution in [3.8, 4) is 17.0 Å². The van der Waals surface area contributed by atoms with Gasteiger partial charge in [0.2, 0.25) is 0 Å². The zero-order chi connectivity index (χ0) is 26.8. The van der Waals surface area contributed by atoms with Crippen molar-refractivity contribution < 1.29 is 27.8 Å². The SMILES string of the molecule is C=C(CCc1cc(-c2ccc(C(F)(F)F)cc2)nn1C(C)C)c1ccc(OC(C)(C)C(=O)O)c(C)c1. The molecule has 1 aromatic heterocycles. The minimum absolute atomic E-state index is 0.0766. The van der Waals surface area contributed by atoms with Crippen molar-refractivity contribution in [2.45, 2.75) is 65.3 Å². The number of hydrogen-bond acceptors (Lipinski definition) is 3. The standard InChI is InChI=1S/C28H31F3N2O3/c1-17(2)33-23(16-24(32-33)20-8-11-22(12-9-20)28(29,30)31)13-7-18(3)21-10-14-25(19(4)15-21)36-27(5,6)26(34)35/h8-12,14-17H,3,7,13H2,1-2,4-6H3,(H,34,35). The molecule has 0 bridgehead atoms. The number of benzene rings is 2. The number of ether oxygens (including phenoxy) is 1. The van der Waals surface area contributed by atoms with Crippen LogP contribution in [0.25, 0.3) is 16.8 Å². The lowest BCUT2D eigenvalue weighted by Gasteiger charge is -2.23. The largest absolute Gasteiger partial charge is 0.478 e. The van der Waals surface area contributed by atoms with E-state index in [1.165, 1.54) is 26.0 Å². The summed E-state index contributed by atoms with van der Waals surface area (Å²) in [6.07, 6.45) is -3.09. The molecule has 0 saturated carbocycles. The third-order valence-corrected chi connectivity index (χ3v) is 5.96. The molecule has 36 heavy (non-hydrogen) atoms. The van der Waals surface area contributed by atoms with E-state index in [-0.39, 0.29) is 6.04 Å². The third-order valence-electron chi connectivity index (χ3n) is 5.96. The predicted molar refractivity (Wildman–Crippen MR) is 134 cm³/mol. The Morgan fingerprint density at radius 2 is 1.75 bits per heavy atom. The Morgan fingerprint density at radius 3 is 2.28 bits per heavy atom. The number of rotatable bonds is 9. The Hall–Kier alpha value is -3.55. The number of carbonyl (C=O) groups is 1. The molecule has 0 radical (unpaired) electrons. The molecule has 0 saturated heterocycles. The molecule has 0 aliphatic rings. The number of halogens is 3. The van der Waals surface area contributed by atoms with Gasteiger partial charge in [-0.3, -0.25) is 4.68 Å². The minimum atomic E-state index is -4.38. The van der Waals surface area contributed by atoms with Crippen LogP contribution in [0.3, 0.4) is 0 Å². The smallest absolute Gasteiger partial charge is 0.416 e. The number of allylic oxidation sites excluding steroid dienone is 1. The summed E-state index contributed by atoms with van der Waals surface area (Å²) < 4.78 is 46.3. The van der Waals surface area contributed by atoms with Gasteiger partial charge in [-0.2, -0.15) is 18.3 Å². The van der Waals surface area contributed by atoms with Crippen molar-refractivity contribution in [3.63, 3.8) is 0 Å². The average Bonchev–Trinajstić information content (AvgIpc) is 3.23. The van der Waals surface area contributed by atoms with E-state index in [0.717, 1.165) is 34.5 Å². The fourth-order valence-electron chi connectivity index (χ4n) is 3.76. The summed E-state index contributed by atoms with van der Waals surface area (Å²) in [7, 11) is 0. The van der Waals surface area contributed by atoms with Gasteiger partial charge in [-0.15, -0.1) is 0 Å². The second kappa shape index (κ2) is 10.2. The molecular formula is C28H31F3N2O3. The molecular weight excluding hydrogens is 469 g/mol. The first-order valence-electron chi connectivity index (χ1n) is 11.7. The topological polar surface area (TPSA) is 64.4 Å². The maximum Gasteiger partial charge on any atom is 0.416 e. The maximum atomic E-state index is 12.9. The molecule has 0 unspecified atom stereocenters. The summed E-state index contributed by atoms with van der Waals surface area (Å²) >= 11 is 0. The number of carboxylic acids is 1. The summed E-state index contributed by atoms with van der Waals surface area (Å²) in [4.78, 5) is 11.4. The fraction of sp³-hybridized carbons (Fsp3) is 0.357. The maximum absolute atomic E-state index is 12.9. The third kappa shape index (κ3) is 6.17. The van der Waals surface area contributed by atoms with E-state index < -0.39 is 23.3 Å². The van der Waals surface area contributed by atoms with Crippen molar-refractivity contribution in [2.75, 3.05) is 0 Å². The molecule has 3 rings (SSSR count). The van der Waals surface area contributed by atoms with E-state index in [1.54, 1.807) is 6.07 Å². The molecule has 0 aliphatic heterocycles. The van der Waals surface area contributed by atoms with Gasteiger partial charge < -0.3 is 9.84 Å². The molecule has 0 amide bonds. The molecule has 5 nitrogen and oxygen atoms in total. The summed E-state index contributed by atoms with van der Waals surface area (Å²) in [5.74, 6) is -0.550. The van der Waals surface area contributed by atoms with Crippen LogP contribution in [0.15, 0.2) is 55.1 Å². The van der Waals surface area contributed by atoms with Crippen LogP contribution >= 0.6 is 0 Å². The molecule has 0 fully saturated rings. The second-order valence-corrected chi connectivity index (χ2v) is 9.64. The minimum Gasteiger partial charge on any atom is -0.478 e. The molecule has 2 aromatic carbocycles. The van der Waals surface area contributed by atoms with Crippen LogP contribution in [0.5, 0.6) is 5.75 Å². The molecule has 0 atom stereocenters. The Balaban J connectivity index is 1.75. The zero-order valence-corrected chi connectivity index (χ0v) is 21.1. The van der Waals surface area contributed by atoms with Crippen molar-refractivity contribution in [1.82, 2.24) is 9.78 Å². The first kappa shape index (κ1) is 27.0. The van der Waals surface area contributed by atoms with E-state index in [1.807, 2.05) is 43.7 Å². The number of alkyl halides is 3. The lowest BCUT2D eigenvalue weighted by molar-refractivity contribution is -0.152. The molecule has 0 aliphatic carbocycles. The Kier molecular flexibility index (Phi) is 7.67. The van der Waals surface area contributed by atoms with Gasteiger partial charge in [-0.25, -0.2) is 4.79 Å². The lowest BCUT2D eigenvalue weighted by atomic mass is 9.99. The Bertz CT molecular complexity index is 1260. The summed E-state index contributed by atoms with van der Waals surface area (Å²) in [5, 5.41) is 13.9. The van der Waals surface area contributed by atoms with Gasteiger partial charge in [-0.05, 0) is 94.5 Å². The van der Waals surface area contributed by atoms with Crippen LogP contribution in [0.1, 0.15) is 62.5 Å². The molecule has 3 aromatic rings. The van der Waals surface area contributed by atoms with Gasteiger partial charge in [0.15, 0.2) is 5.60 Å². The highest BCUT2D eigenvalue weighted by atomic mass is 19.4. The molecule has 1 heterocycles. The van der Waals surface area contributed by atoms with Crippen LogP contribution in [0, 0.1) is 6.92 Å². The van der Waals surface area contributed by atoms with Crippen molar-refractivity contribution in [3.05, 3.63) is 77.5 Å². The normalized spacial score (nSPS) is 12.1. The summed E-state index contributed by atoms with van der Waals surface area (Å²) in [6, 6.07) is 12.5. The second-order valence-electron chi connectivity index (χ2n) is 9.64. The van der Waals surface area contributed by atoms with Crippen LogP contribution in [-0.2, 0) is 17.4 Å². The first-order chi connectivity index (χ1) is 16.7. The van der Waals surface area contributed by atoms with E-state index in [0.29, 0.717) is 29.8 Å². The number of nitrogens with zero attached hydrogens (tertiary/aromatic N) is 2. The van der Waals surface area contributed by atoms with Crippen molar-refractivity contribution in [2.24, 2.45) is 0 Å². The highest BCUT2D eigenvalue weighted by Gasteiger charge is 2.31. The van der Waals surface area contributed by atoms with Gasteiger partial charge in [0, 0.05) is 17.3 Å². The molecule has 192 valence electrons. The fourth-order valence-corrected chi connectivity index (χ4v) is 3.76. The van der Waals surface area contributed by atoms with Crippen LogP contribution in [-0.4, -0.2) is 26.5 Å². The lowest BCUT2D eigenvalue weighted by Crippen LogP contribution is -2.38. The van der Waals surface area contributed by atoms with Crippen LogP contribution < -0.4 is 4.74 Å². The van der Waals surface area contributed by atoms with Gasteiger partial charge in [0.05, 0.1) is 11.3 Å². The van der Waals surface area contributed by atoms with Crippen molar-refractivity contribution in [1.29, 1.82) is 0 Å².